The molecule has 1 aromatic carbocycles. The van der Waals surface area contributed by atoms with Crippen molar-refractivity contribution < 1.29 is 19.5 Å². The van der Waals surface area contributed by atoms with Crippen molar-refractivity contribution in [3.8, 4) is 0 Å². The van der Waals surface area contributed by atoms with Crippen LogP contribution in [0.1, 0.15) is 27.3 Å². The Balaban J connectivity index is 1.67. The molecule has 1 aliphatic heterocycles. The van der Waals surface area contributed by atoms with Crippen molar-refractivity contribution in [3.05, 3.63) is 62.9 Å². The first-order valence-corrected chi connectivity index (χ1v) is 9.61. The van der Waals surface area contributed by atoms with E-state index in [0.29, 0.717) is 39.0 Å². The number of pyridine rings is 1. The zero-order valence-corrected chi connectivity index (χ0v) is 16.5. The first-order chi connectivity index (χ1) is 13.8. The maximum Gasteiger partial charge on any atom is 0.338 e. The summed E-state index contributed by atoms with van der Waals surface area (Å²) >= 11 is 7.27. The molecule has 4 rings (SSSR count). The molecular weight excluding hydrogens is 416 g/mol. The Morgan fingerprint density at radius 3 is 2.79 bits per heavy atom. The van der Waals surface area contributed by atoms with Crippen LogP contribution in [0.15, 0.2) is 35.4 Å². The summed E-state index contributed by atoms with van der Waals surface area (Å²) in [6.45, 7) is 2.12. The number of amides is 2. The lowest BCUT2D eigenvalue weighted by molar-refractivity contribution is -0.115. The van der Waals surface area contributed by atoms with E-state index in [9.17, 15) is 19.5 Å². The summed E-state index contributed by atoms with van der Waals surface area (Å²) in [5, 5.41) is 11.6. The lowest BCUT2D eigenvalue weighted by Gasteiger charge is -2.09. The topological polar surface area (TPSA) is 114 Å². The molecule has 0 unspecified atom stereocenters. The van der Waals surface area contributed by atoms with Crippen LogP contribution < -0.4 is 5.32 Å². The van der Waals surface area contributed by atoms with Crippen molar-refractivity contribution in [2.45, 2.75) is 13.5 Å². The highest BCUT2D eigenvalue weighted by Gasteiger charge is 2.25. The van der Waals surface area contributed by atoms with Gasteiger partial charge in [-0.25, -0.2) is 14.8 Å². The number of hydrogen-bond acceptors (Lipinski definition) is 6. The van der Waals surface area contributed by atoms with E-state index in [2.05, 4.69) is 15.3 Å². The van der Waals surface area contributed by atoms with Gasteiger partial charge in [-0.1, -0.05) is 23.7 Å². The van der Waals surface area contributed by atoms with E-state index in [0.717, 1.165) is 17.3 Å². The molecule has 0 aliphatic carbocycles. The molecule has 10 heteroatoms. The lowest BCUT2D eigenvalue weighted by Crippen LogP contribution is -2.17. The monoisotopic (exact) mass is 428 g/mol. The molecule has 8 nitrogen and oxygen atoms in total. The van der Waals surface area contributed by atoms with E-state index in [1.165, 1.54) is 12.3 Å². The van der Waals surface area contributed by atoms with Crippen molar-refractivity contribution in [1.29, 1.82) is 0 Å². The molecular formula is C19H13ClN4O4S. The second kappa shape index (κ2) is 7.34. The highest BCUT2D eigenvalue weighted by molar-refractivity contribution is 8.18. The van der Waals surface area contributed by atoms with Crippen LogP contribution >= 0.6 is 23.4 Å². The number of imidazole rings is 1. The van der Waals surface area contributed by atoms with Crippen molar-refractivity contribution in [3.63, 3.8) is 0 Å². The first kappa shape index (κ1) is 19.2. The van der Waals surface area contributed by atoms with Gasteiger partial charge in [-0.3, -0.25) is 14.9 Å². The predicted octanol–water partition coefficient (Wildman–Crippen LogP) is 3.46. The molecule has 0 radical (unpaired) electrons. The quantitative estimate of drug-likeness (QED) is 0.611. The van der Waals surface area contributed by atoms with Gasteiger partial charge in [-0.05, 0) is 48.0 Å². The number of aromatic nitrogens is 3. The lowest BCUT2D eigenvalue weighted by atomic mass is 10.1. The van der Waals surface area contributed by atoms with Gasteiger partial charge < -0.3 is 9.67 Å². The van der Waals surface area contributed by atoms with Gasteiger partial charge in [0.25, 0.3) is 11.1 Å². The summed E-state index contributed by atoms with van der Waals surface area (Å²) in [5.41, 5.74) is 2.33. The van der Waals surface area contributed by atoms with Gasteiger partial charge in [0, 0.05) is 11.2 Å². The average Bonchev–Trinajstić information content (AvgIpc) is 3.15. The number of fused-ring (bicyclic) bond motifs is 1. The molecule has 1 saturated heterocycles. The number of hydrogen-bond donors (Lipinski definition) is 2. The molecule has 0 bridgehead atoms. The van der Waals surface area contributed by atoms with Crippen LogP contribution in [0.5, 0.6) is 0 Å². The zero-order chi connectivity index (χ0) is 20.7. The van der Waals surface area contributed by atoms with Crippen molar-refractivity contribution in [2.24, 2.45) is 0 Å². The average molecular weight is 429 g/mol. The number of nitrogens with one attached hydrogen (secondary N) is 1. The number of carboxylic acid groups (broad SMARTS) is 1. The summed E-state index contributed by atoms with van der Waals surface area (Å²) in [5.74, 6) is -0.883. The van der Waals surface area contributed by atoms with Crippen LogP contribution in [0.3, 0.4) is 0 Å². The molecule has 2 amide bonds. The maximum atomic E-state index is 11.7. The van der Waals surface area contributed by atoms with Crippen LogP contribution in [0.2, 0.25) is 5.02 Å². The molecule has 146 valence electrons. The molecule has 0 saturated carbocycles. The third-order valence-electron chi connectivity index (χ3n) is 4.40. The van der Waals surface area contributed by atoms with E-state index in [4.69, 9.17) is 11.6 Å². The molecule has 3 heterocycles. The molecule has 1 aliphatic rings. The molecule has 2 aromatic heterocycles. The fourth-order valence-electron chi connectivity index (χ4n) is 3.01. The summed E-state index contributed by atoms with van der Waals surface area (Å²) in [7, 11) is 0. The number of halogens is 1. The Morgan fingerprint density at radius 2 is 2.14 bits per heavy atom. The summed E-state index contributed by atoms with van der Waals surface area (Å²) < 4.78 is 1.79. The zero-order valence-electron chi connectivity index (χ0n) is 15.0. The Kier molecular flexibility index (Phi) is 4.85. The number of carbonyl (C=O) groups is 3. The van der Waals surface area contributed by atoms with Crippen LogP contribution in [0, 0.1) is 6.92 Å². The highest BCUT2D eigenvalue weighted by Crippen LogP contribution is 2.28. The van der Waals surface area contributed by atoms with Gasteiger partial charge >= 0.3 is 5.97 Å². The van der Waals surface area contributed by atoms with E-state index >= 15 is 0 Å². The largest absolute Gasteiger partial charge is 0.478 e. The number of imide groups is 1. The standard InChI is InChI=1S/C19H13ClN4O4S/c1-9-22-15-12(18(26)27)4-5-21-16(15)24(9)8-11-3-2-10(6-13(11)20)7-14-17(25)23-19(28)29-14/h2-7H,8H2,1H3,(H,26,27)(H,23,25,28). The number of rotatable bonds is 4. The third-order valence-corrected chi connectivity index (χ3v) is 5.56. The van der Waals surface area contributed by atoms with Gasteiger partial charge in [0.1, 0.15) is 11.3 Å². The minimum atomic E-state index is -1.07. The van der Waals surface area contributed by atoms with Crippen molar-refractivity contribution in [2.75, 3.05) is 0 Å². The van der Waals surface area contributed by atoms with Gasteiger partial charge in [-0.2, -0.15) is 0 Å². The fraction of sp³-hybridized carbons (Fsp3) is 0.105. The van der Waals surface area contributed by atoms with Gasteiger partial charge in [-0.15, -0.1) is 0 Å². The number of carbonyl (C=O) groups excluding carboxylic acids is 2. The molecule has 0 atom stereocenters. The SMILES string of the molecule is Cc1nc2c(C(=O)O)ccnc2n1Cc1ccc(C=C2SC(=O)NC2=O)cc1Cl. The number of aryl methyl sites for hydroxylation is 1. The number of thioether (sulfide) groups is 1. The third kappa shape index (κ3) is 3.62. The van der Waals surface area contributed by atoms with E-state index in [-0.39, 0.29) is 5.56 Å². The summed E-state index contributed by atoms with van der Waals surface area (Å²) in [6.07, 6.45) is 3.03. The number of nitrogens with zero attached hydrogens (tertiary/aromatic N) is 3. The van der Waals surface area contributed by atoms with E-state index in [1.807, 2.05) is 0 Å². The van der Waals surface area contributed by atoms with Gasteiger partial charge in [0.05, 0.1) is 17.0 Å². The predicted molar refractivity (Wildman–Crippen MR) is 109 cm³/mol. The van der Waals surface area contributed by atoms with Crippen molar-refractivity contribution >= 4 is 57.7 Å². The second-order valence-electron chi connectivity index (χ2n) is 6.28. The van der Waals surface area contributed by atoms with E-state index in [1.54, 1.807) is 35.8 Å². The molecule has 29 heavy (non-hydrogen) atoms. The Morgan fingerprint density at radius 1 is 1.34 bits per heavy atom. The number of aromatic carboxylic acids is 1. The van der Waals surface area contributed by atoms with Crippen LogP contribution in [-0.2, 0) is 11.3 Å². The summed E-state index contributed by atoms with van der Waals surface area (Å²) in [4.78, 5) is 43.3. The summed E-state index contributed by atoms with van der Waals surface area (Å²) in [6, 6.07) is 6.71. The minimum absolute atomic E-state index is 0.0896. The van der Waals surface area contributed by atoms with Crippen LogP contribution in [0.4, 0.5) is 4.79 Å². The highest BCUT2D eigenvalue weighted by atomic mass is 35.5. The van der Waals surface area contributed by atoms with Gasteiger partial charge in [0.15, 0.2) is 5.65 Å². The Hall–Kier alpha value is -3.17. The normalized spacial score (nSPS) is 15.3. The maximum absolute atomic E-state index is 11.7. The fourth-order valence-corrected chi connectivity index (χ4v) is 3.94. The molecule has 1 fully saturated rings. The Labute approximate surface area is 173 Å². The minimum Gasteiger partial charge on any atom is -0.478 e. The first-order valence-electron chi connectivity index (χ1n) is 8.42. The van der Waals surface area contributed by atoms with Crippen LogP contribution in [0.25, 0.3) is 17.2 Å². The molecule has 3 aromatic rings. The number of benzene rings is 1. The Bertz CT molecular complexity index is 1230. The van der Waals surface area contributed by atoms with E-state index < -0.39 is 17.1 Å². The van der Waals surface area contributed by atoms with Gasteiger partial charge in [0.2, 0.25) is 0 Å². The second-order valence-corrected chi connectivity index (χ2v) is 7.71. The molecule has 2 N–H and O–H groups in total. The van der Waals surface area contributed by atoms with Crippen molar-refractivity contribution in [1.82, 2.24) is 19.9 Å². The number of carboxylic acids is 1. The van der Waals surface area contributed by atoms with Crippen LogP contribution in [-0.4, -0.2) is 36.8 Å². The smallest absolute Gasteiger partial charge is 0.338 e. The molecule has 0 spiro atoms.